The summed E-state index contributed by atoms with van der Waals surface area (Å²) in [5, 5.41) is 3.53. The topological polar surface area (TPSA) is 58.6 Å². The molecule has 33 heavy (non-hydrogen) atoms. The molecule has 1 N–H and O–H groups in total. The predicted octanol–water partition coefficient (Wildman–Crippen LogP) is 3.51. The molecule has 188 valence electrons. The largest absolute Gasteiger partial charge is 0.385 e. The maximum Gasteiger partial charge on any atom is 0.193 e. The second-order valence-corrected chi connectivity index (χ2v) is 9.07. The third-order valence-corrected chi connectivity index (χ3v) is 6.17. The Morgan fingerprint density at radius 3 is 2.30 bits per heavy atom. The molecular formula is C25H43IN4O3. The van der Waals surface area contributed by atoms with Crippen LogP contribution < -0.4 is 5.32 Å². The molecule has 2 aliphatic heterocycles. The Morgan fingerprint density at radius 2 is 1.70 bits per heavy atom. The number of hydrogen-bond donors (Lipinski definition) is 1. The molecule has 2 aliphatic rings. The third kappa shape index (κ3) is 9.68. The van der Waals surface area contributed by atoms with Crippen LogP contribution in [0.5, 0.6) is 0 Å². The molecule has 0 saturated carbocycles. The lowest BCUT2D eigenvalue weighted by Crippen LogP contribution is -2.46. The molecule has 3 rings (SSSR count). The molecule has 7 nitrogen and oxygen atoms in total. The van der Waals surface area contributed by atoms with Crippen molar-refractivity contribution in [1.82, 2.24) is 15.1 Å². The number of halogens is 1. The Bertz CT molecular complexity index is 685. The molecular weight excluding hydrogens is 531 g/mol. The smallest absolute Gasteiger partial charge is 0.193 e. The quantitative estimate of drug-likeness (QED) is 0.211. The van der Waals surface area contributed by atoms with Gasteiger partial charge < -0.3 is 24.4 Å². The first kappa shape index (κ1) is 28.3. The summed E-state index contributed by atoms with van der Waals surface area (Å²) >= 11 is 0. The minimum Gasteiger partial charge on any atom is -0.385 e. The molecule has 0 spiro atoms. The van der Waals surface area contributed by atoms with Crippen LogP contribution in [0.25, 0.3) is 0 Å². The van der Waals surface area contributed by atoms with Crippen LogP contribution in [-0.2, 0) is 27.3 Å². The van der Waals surface area contributed by atoms with Gasteiger partial charge in [-0.3, -0.25) is 9.89 Å². The average Bonchev–Trinajstić information content (AvgIpc) is 2.78. The number of rotatable bonds is 9. The maximum absolute atomic E-state index is 5.98. The summed E-state index contributed by atoms with van der Waals surface area (Å²) in [6.07, 6.45) is 4.01. The molecule has 1 aromatic carbocycles. The number of guanidine groups is 1. The van der Waals surface area contributed by atoms with E-state index in [-0.39, 0.29) is 24.0 Å². The van der Waals surface area contributed by atoms with Gasteiger partial charge in [0.1, 0.15) is 0 Å². The number of piperidine rings is 1. The molecule has 1 aromatic rings. The highest BCUT2D eigenvalue weighted by atomic mass is 127. The second kappa shape index (κ2) is 15.1. The van der Waals surface area contributed by atoms with E-state index in [0.29, 0.717) is 18.3 Å². The van der Waals surface area contributed by atoms with E-state index in [1.807, 2.05) is 7.05 Å². The van der Waals surface area contributed by atoms with E-state index in [1.54, 1.807) is 7.11 Å². The molecule has 0 radical (unpaired) electrons. The monoisotopic (exact) mass is 574 g/mol. The lowest BCUT2D eigenvalue weighted by Gasteiger charge is -2.35. The van der Waals surface area contributed by atoms with Crippen LogP contribution in [0.3, 0.4) is 0 Å². The SMILES string of the molecule is CN=C(NCc1ccc(CN2CC(C)OC(C)C2)cc1)N1CCC(OCCCOC)CC1.I. The summed E-state index contributed by atoms with van der Waals surface area (Å²) < 4.78 is 16.9. The van der Waals surface area contributed by atoms with Crippen LogP contribution >= 0.6 is 24.0 Å². The van der Waals surface area contributed by atoms with Crippen molar-refractivity contribution in [2.45, 2.75) is 64.5 Å². The van der Waals surface area contributed by atoms with E-state index in [0.717, 1.165) is 77.7 Å². The molecule has 0 aliphatic carbocycles. The fourth-order valence-corrected chi connectivity index (χ4v) is 4.64. The lowest BCUT2D eigenvalue weighted by molar-refractivity contribution is -0.0704. The van der Waals surface area contributed by atoms with Gasteiger partial charge in [0.05, 0.1) is 18.3 Å². The van der Waals surface area contributed by atoms with Gasteiger partial charge in [0.15, 0.2) is 5.96 Å². The fourth-order valence-electron chi connectivity index (χ4n) is 4.64. The number of ether oxygens (including phenoxy) is 3. The molecule has 2 saturated heterocycles. The van der Waals surface area contributed by atoms with E-state index in [2.05, 4.69) is 58.2 Å². The van der Waals surface area contributed by atoms with Crippen LogP contribution in [0, 0.1) is 0 Å². The number of aliphatic imine (C=N–C) groups is 1. The second-order valence-electron chi connectivity index (χ2n) is 9.07. The number of morpholine rings is 1. The number of hydrogen-bond acceptors (Lipinski definition) is 5. The number of likely N-dealkylation sites (tertiary alicyclic amines) is 1. The zero-order valence-electron chi connectivity index (χ0n) is 20.8. The summed E-state index contributed by atoms with van der Waals surface area (Å²) in [5.41, 5.74) is 2.63. The van der Waals surface area contributed by atoms with E-state index in [4.69, 9.17) is 14.2 Å². The summed E-state index contributed by atoms with van der Waals surface area (Å²) in [6, 6.07) is 8.94. The molecule has 2 heterocycles. The van der Waals surface area contributed by atoms with Crippen LogP contribution in [0.1, 0.15) is 44.2 Å². The maximum atomic E-state index is 5.98. The first-order chi connectivity index (χ1) is 15.6. The van der Waals surface area contributed by atoms with Crippen LogP contribution in [0.4, 0.5) is 0 Å². The van der Waals surface area contributed by atoms with Crippen molar-refractivity contribution in [1.29, 1.82) is 0 Å². The van der Waals surface area contributed by atoms with Gasteiger partial charge in [-0.15, -0.1) is 24.0 Å². The first-order valence-electron chi connectivity index (χ1n) is 12.1. The van der Waals surface area contributed by atoms with E-state index < -0.39 is 0 Å². The van der Waals surface area contributed by atoms with Gasteiger partial charge in [0, 0.05) is 66.6 Å². The lowest BCUT2D eigenvalue weighted by atomic mass is 10.1. The summed E-state index contributed by atoms with van der Waals surface area (Å²) in [5.74, 6) is 0.975. The van der Waals surface area contributed by atoms with Gasteiger partial charge in [-0.2, -0.15) is 0 Å². The first-order valence-corrected chi connectivity index (χ1v) is 12.1. The van der Waals surface area contributed by atoms with Crippen molar-refractivity contribution in [3.05, 3.63) is 35.4 Å². The highest BCUT2D eigenvalue weighted by Crippen LogP contribution is 2.16. The average molecular weight is 575 g/mol. The number of benzene rings is 1. The molecule has 0 amide bonds. The van der Waals surface area contributed by atoms with Crippen molar-refractivity contribution >= 4 is 29.9 Å². The Labute approximate surface area is 217 Å². The highest BCUT2D eigenvalue weighted by molar-refractivity contribution is 14.0. The zero-order chi connectivity index (χ0) is 22.8. The minimum atomic E-state index is 0. The van der Waals surface area contributed by atoms with Gasteiger partial charge >= 0.3 is 0 Å². The molecule has 2 unspecified atom stereocenters. The van der Waals surface area contributed by atoms with Crippen molar-refractivity contribution in [2.75, 3.05) is 53.6 Å². The molecule has 2 atom stereocenters. The van der Waals surface area contributed by atoms with E-state index in [9.17, 15) is 0 Å². The van der Waals surface area contributed by atoms with E-state index >= 15 is 0 Å². The van der Waals surface area contributed by atoms with Crippen molar-refractivity contribution in [2.24, 2.45) is 4.99 Å². The molecule has 2 fully saturated rings. The number of nitrogens with zero attached hydrogens (tertiary/aromatic N) is 3. The van der Waals surface area contributed by atoms with Gasteiger partial charge in [-0.05, 0) is 44.2 Å². The third-order valence-electron chi connectivity index (χ3n) is 6.17. The van der Waals surface area contributed by atoms with Crippen LogP contribution in [-0.4, -0.2) is 87.6 Å². The molecule has 0 aromatic heterocycles. The number of methoxy groups -OCH3 is 1. The Kier molecular flexibility index (Phi) is 13.0. The normalized spacial score (nSPS) is 22.8. The summed E-state index contributed by atoms with van der Waals surface area (Å²) in [6.45, 7) is 11.6. The van der Waals surface area contributed by atoms with Gasteiger partial charge in [0.25, 0.3) is 0 Å². The predicted molar refractivity (Wildman–Crippen MR) is 144 cm³/mol. The standard InChI is InChI=1S/C25H42N4O3.HI/c1-20-17-28(18-21(2)32-20)19-23-8-6-22(7-9-23)16-27-25(26-3)29-12-10-24(11-13-29)31-15-5-14-30-4;/h6-9,20-21,24H,5,10-19H2,1-4H3,(H,26,27);1H. The van der Waals surface area contributed by atoms with Crippen molar-refractivity contribution in [3.63, 3.8) is 0 Å². The number of nitrogens with one attached hydrogen (secondary N) is 1. The van der Waals surface area contributed by atoms with Crippen LogP contribution in [0.15, 0.2) is 29.3 Å². The summed E-state index contributed by atoms with van der Waals surface area (Å²) in [7, 11) is 3.60. The summed E-state index contributed by atoms with van der Waals surface area (Å²) in [4.78, 5) is 9.33. The fraction of sp³-hybridized carbons (Fsp3) is 0.720. The highest BCUT2D eigenvalue weighted by Gasteiger charge is 2.23. The van der Waals surface area contributed by atoms with E-state index in [1.165, 1.54) is 11.1 Å². The van der Waals surface area contributed by atoms with Gasteiger partial charge in [-0.1, -0.05) is 24.3 Å². The van der Waals surface area contributed by atoms with Crippen LogP contribution in [0.2, 0.25) is 0 Å². The van der Waals surface area contributed by atoms with Crippen molar-refractivity contribution in [3.8, 4) is 0 Å². The molecule has 0 bridgehead atoms. The van der Waals surface area contributed by atoms with Gasteiger partial charge in [-0.25, -0.2) is 0 Å². The zero-order valence-corrected chi connectivity index (χ0v) is 23.1. The minimum absolute atomic E-state index is 0. The Hall–Kier alpha value is -0.940. The Morgan fingerprint density at radius 1 is 1.06 bits per heavy atom. The Balaban J connectivity index is 0.00000385. The van der Waals surface area contributed by atoms with Crippen molar-refractivity contribution < 1.29 is 14.2 Å². The van der Waals surface area contributed by atoms with Gasteiger partial charge in [0.2, 0.25) is 0 Å². The molecule has 8 heteroatoms.